The molecular formula is C15H13NO3. The minimum absolute atomic E-state index is 0.579. The molecular weight excluding hydrogens is 242 g/mol. The van der Waals surface area contributed by atoms with E-state index < -0.39 is 0 Å². The van der Waals surface area contributed by atoms with E-state index in [9.17, 15) is 5.21 Å². The van der Waals surface area contributed by atoms with Crippen LogP contribution in [-0.2, 0) is 0 Å². The average molecular weight is 255 g/mol. The monoisotopic (exact) mass is 255 g/mol. The molecule has 0 bridgehead atoms. The van der Waals surface area contributed by atoms with Gasteiger partial charge in [0.25, 0.3) is 0 Å². The van der Waals surface area contributed by atoms with Crippen LogP contribution in [-0.4, -0.2) is 25.1 Å². The molecule has 0 fully saturated rings. The Bertz CT molecular complexity index is 622. The highest BCUT2D eigenvalue weighted by molar-refractivity contribution is 6.24. The van der Waals surface area contributed by atoms with Crippen LogP contribution in [0.5, 0.6) is 11.5 Å². The average Bonchev–Trinajstić information content (AvgIpc) is 2.79. The number of benzene rings is 2. The zero-order valence-electron chi connectivity index (χ0n) is 10.7. The van der Waals surface area contributed by atoms with Gasteiger partial charge in [-0.1, -0.05) is 5.16 Å². The van der Waals surface area contributed by atoms with E-state index in [0.717, 1.165) is 33.8 Å². The summed E-state index contributed by atoms with van der Waals surface area (Å²) in [6.07, 6.45) is 0. The Labute approximate surface area is 110 Å². The van der Waals surface area contributed by atoms with E-state index in [4.69, 9.17) is 9.47 Å². The minimum atomic E-state index is 0.579. The largest absolute Gasteiger partial charge is 0.497 e. The molecule has 2 aromatic rings. The van der Waals surface area contributed by atoms with Crippen LogP contribution in [0.15, 0.2) is 41.6 Å². The summed E-state index contributed by atoms with van der Waals surface area (Å²) in [5, 5.41) is 12.7. The van der Waals surface area contributed by atoms with Crippen LogP contribution in [0, 0.1) is 0 Å². The summed E-state index contributed by atoms with van der Waals surface area (Å²) in [7, 11) is 3.26. The molecule has 0 aromatic heterocycles. The number of oxime groups is 1. The van der Waals surface area contributed by atoms with Crippen LogP contribution in [0.4, 0.5) is 0 Å². The highest BCUT2D eigenvalue weighted by Gasteiger charge is 2.26. The molecule has 0 saturated carbocycles. The van der Waals surface area contributed by atoms with E-state index in [1.165, 1.54) is 0 Å². The number of hydrogen-bond donors (Lipinski definition) is 1. The third-order valence-electron chi connectivity index (χ3n) is 3.35. The summed E-state index contributed by atoms with van der Waals surface area (Å²) in [6, 6.07) is 11.4. The Hall–Kier alpha value is -2.49. The van der Waals surface area contributed by atoms with Crippen molar-refractivity contribution in [2.75, 3.05) is 14.2 Å². The lowest BCUT2D eigenvalue weighted by Crippen LogP contribution is -1.97. The van der Waals surface area contributed by atoms with Gasteiger partial charge in [0.1, 0.15) is 17.2 Å². The van der Waals surface area contributed by atoms with E-state index >= 15 is 0 Å². The summed E-state index contributed by atoms with van der Waals surface area (Å²) < 4.78 is 10.5. The Balaban J connectivity index is 2.29. The van der Waals surface area contributed by atoms with Crippen LogP contribution in [0.2, 0.25) is 0 Å². The van der Waals surface area contributed by atoms with Gasteiger partial charge in [0, 0.05) is 11.1 Å². The standard InChI is InChI=1S/C15H13NO3/c1-18-9-3-5-11-13(7-9)14-8-10(19-2)4-6-12(14)15(11)16-17/h3-8,17H,1-2H3. The van der Waals surface area contributed by atoms with Gasteiger partial charge in [-0.3, -0.25) is 0 Å². The lowest BCUT2D eigenvalue weighted by atomic mass is 10.1. The fourth-order valence-corrected chi connectivity index (χ4v) is 2.41. The molecule has 3 rings (SSSR count). The zero-order valence-corrected chi connectivity index (χ0v) is 10.7. The Kier molecular flexibility index (Phi) is 2.63. The molecule has 0 amide bonds. The SMILES string of the molecule is COc1ccc2c(c1)-c1cc(OC)ccc1C2=NO. The summed E-state index contributed by atoms with van der Waals surface area (Å²) in [4.78, 5) is 0. The van der Waals surface area contributed by atoms with Gasteiger partial charge in [0.15, 0.2) is 0 Å². The molecule has 4 nitrogen and oxygen atoms in total. The van der Waals surface area contributed by atoms with Gasteiger partial charge < -0.3 is 14.7 Å². The molecule has 0 heterocycles. The van der Waals surface area contributed by atoms with Crippen molar-refractivity contribution < 1.29 is 14.7 Å². The van der Waals surface area contributed by atoms with Crippen LogP contribution < -0.4 is 9.47 Å². The van der Waals surface area contributed by atoms with Crippen LogP contribution in [0.25, 0.3) is 11.1 Å². The van der Waals surface area contributed by atoms with Crippen molar-refractivity contribution >= 4 is 5.71 Å². The van der Waals surface area contributed by atoms with Crippen LogP contribution >= 0.6 is 0 Å². The zero-order chi connectivity index (χ0) is 13.4. The first-order valence-corrected chi connectivity index (χ1v) is 5.87. The maximum atomic E-state index is 9.24. The Morgan fingerprint density at radius 2 is 1.26 bits per heavy atom. The maximum Gasteiger partial charge on any atom is 0.119 e. The highest BCUT2D eigenvalue weighted by Crippen LogP contribution is 2.40. The molecule has 0 spiro atoms. The van der Waals surface area contributed by atoms with Crippen molar-refractivity contribution in [3.8, 4) is 22.6 Å². The molecule has 0 aliphatic heterocycles. The maximum absolute atomic E-state index is 9.24. The first-order chi connectivity index (χ1) is 9.28. The second kappa shape index (κ2) is 4.31. The second-order valence-electron chi connectivity index (χ2n) is 4.27. The van der Waals surface area contributed by atoms with Crippen molar-refractivity contribution in [3.05, 3.63) is 47.5 Å². The predicted molar refractivity (Wildman–Crippen MR) is 72.4 cm³/mol. The summed E-state index contributed by atoms with van der Waals surface area (Å²) in [5.41, 5.74) is 4.34. The van der Waals surface area contributed by atoms with Crippen molar-refractivity contribution in [2.24, 2.45) is 5.16 Å². The molecule has 96 valence electrons. The molecule has 2 aromatic carbocycles. The number of nitrogens with zero attached hydrogens (tertiary/aromatic N) is 1. The normalized spacial score (nSPS) is 11.8. The lowest BCUT2D eigenvalue weighted by molar-refractivity contribution is 0.320. The molecule has 4 heteroatoms. The van der Waals surface area contributed by atoms with Crippen LogP contribution in [0.1, 0.15) is 11.1 Å². The lowest BCUT2D eigenvalue weighted by Gasteiger charge is -2.05. The molecule has 0 saturated heterocycles. The molecule has 0 radical (unpaired) electrons. The van der Waals surface area contributed by atoms with Crippen molar-refractivity contribution in [3.63, 3.8) is 0 Å². The number of hydrogen-bond acceptors (Lipinski definition) is 4. The van der Waals surface area contributed by atoms with Crippen molar-refractivity contribution in [1.82, 2.24) is 0 Å². The number of ether oxygens (including phenoxy) is 2. The van der Waals surface area contributed by atoms with Gasteiger partial charge in [-0.05, 0) is 47.5 Å². The highest BCUT2D eigenvalue weighted by atomic mass is 16.5. The van der Waals surface area contributed by atoms with E-state index in [1.54, 1.807) is 14.2 Å². The number of rotatable bonds is 2. The molecule has 19 heavy (non-hydrogen) atoms. The molecule has 1 aliphatic rings. The second-order valence-corrected chi connectivity index (χ2v) is 4.27. The number of fused-ring (bicyclic) bond motifs is 3. The molecule has 0 unspecified atom stereocenters. The predicted octanol–water partition coefficient (Wildman–Crippen LogP) is 2.91. The minimum Gasteiger partial charge on any atom is -0.497 e. The van der Waals surface area contributed by atoms with Gasteiger partial charge in [0.05, 0.1) is 14.2 Å². The van der Waals surface area contributed by atoms with Crippen molar-refractivity contribution in [2.45, 2.75) is 0 Å². The summed E-state index contributed by atoms with van der Waals surface area (Å²) in [6.45, 7) is 0. The third kappa shape index (κ3) is 1.64. The Morgan fingerprint density at radius 1 is 0.789 bits per heavy atom. The summed E-state index contributed by atoms with van der Waals surface area (Å²) >= 11 is 0. The fourth-order valence-electron chi connectivity index (χ4n) is 2.41. The molecule has 0 atom stereocenters. The smallest absolute Gasteiger partial charge is 0.119 e. The first-order valence-electron chi connectivity index (χ1n) is 5.87. The van der Waals surface area contributed by atoms with E-state index in [1.807, 2.05) is 36.4 Å². The quantitative estimate of drug-likeness (QED) is 0.566. The van der Waals surface area contributed by atoms with E-state index in [0.29, 0.717) is 5.71 Å². The molecule has 1 aliphatic carbocycles. The van der Waals surface area contributed by atoms with Gasteiger partial charge in [-0.15, -0.1) is 0 Å². The van der Waals surface area contributed by atoms with Crippen LogP contribution in [0.3, 0.4) is 0 Å². The van der Waals surface area contributed by atoms with E-state index in [-0.39, 0.29) is 0 Å². The first kappa shape index (κ1) is 11.6. The summed E-state index contributed by atoms with van der Waals surface area (Å²) in [5.74, 6) is 1.54. The van der Waals surface area contributed by atoms with Gasteiger partial charge in [0.2, 0.25) is 0 Å². The molecule has 1 N–H and O–H groups in total. The van der Waals surface area contributed by atoms with E-state index in [2.05, 4.69) is 5.16 Å². The fraction of sp³-hybridized carbons (Fsp3) is 0.133. The number of methoxy groups -OCH3 is 2. The van der Waals surface area contributed by atoms with Gasteiger partial charge in [-0.25, -0.2) is 0 Å². The van der Waals surface area contributed by atoms with Gasteiger partial charge >= 0.3 is 0 Å². The Morgan fingerprint density at radius 3 is 1.63 bits per heavy atom. The van der Waals surface area contributed by atoms with Crippen molar-refractivity contribution in [1.29, 1.82) is 0 Å². The van der Waals surface area contributed by atoms with Gasteiger partial charge in [-0.2, -0.15) is 0 Å². The third-order valence-corrected chi connectivity index (χ3v) is 3.35. The topological polar surface area (TPSA) is 51.0 Å².